The second-order valence-electron chi connectivity index (χ2n) is 5.66. The lowest BCUT2D eigenvalue weighted by Crippen LogP contribution is -2.31. The highest BCUT2D eigenvalue weighted by Gasteiger charge is 2.23. The Morgan fingerprint density at radius 1 is 1.29 bits per heavy atom. The van der Waals surface area contributed by atoms with Crippen LogP contribution in [0.25, 0.3) is 11.0 Å². The van der Waals surface area contributed by atoms with Crippen molar-refractivity contribution in [2.45, 2.75) is 6.10 Å². The summed E-state index contributed by atoms with van der Waals surface area (Å²) in [6, 6.07) is 11.0. The van der Waals surface area contributed by atoms with Gasteiger partial charge in [-0.15, -0.1) is 0 Å². The SMILES string of the molecule is NC(=O)NN=C(c1nc2ccc([N+](=O)[O-])cc2[nH]c1=O)C(O)c1ccccc1. The van der Waals surface area contributed by atoms with Crippen molar-refractivity contribution in [3.8, 4) is 0 Å². The summed E-state index contributed by atoms with van der Waals surface area (Å²) in [5.41, 5.74) is 6.28. The Morgan fingerprint density at radius 2 is 2.00 bits per heavy atom. The van der Waals surface area contributed by atoms with Crippen LogP contribution in [0.15, 0.2) is 58.4 Å². The molecule has 0 aliphatic rings. The fourth-order valence-corrected chi connectivity index (χ4v) is 2.51. The topological polar surface area (TPSA) is 177 Å². The molecule has 2 aromatic carbocycles. The predicted octanol–water partition coefficient (Wildman–Crippen LogP) is 0.937. The van der Waals surface area contributed by atoms with Crippen LogP contribution in [0.3, 0.4) is 0 Å². The molecule has 28 heavy (non-hydrogen) atoms. The number of aromatic nitrogens is 2. The molecule has 1 aromatic heterocycles. The van der Waals surface area contributed by atoms with Gasteiger partial charge in [-0.1, -0.05) is 30.3 Å². The van der Waals surface area contributed by atoms with E-state index in [0.717, 1.165) is 0 Å². The smallest absolute Gasteiger partial charge is 0.332 e. The Balaban J connectivity index is 2.15. The number of hydrogen-bond acceptors (Lipinski definition) is 7. The number of nitro benzene ring substituents is 1. The number of primary amides is 1. The number of H-pyrrole nitrogens is 1. The predicted molar refractivity (Wildman–Crippen MR) is 99.7 cm³/mol. The molecule has 3 aromatic rings. The first-order valence-electron chi connectivity index (χ1n) is 7.91. The number of amides is 2. The maximum atomic E-state index is 12.5. The molecule has 11 heteroatoms. The lowest BCUT2D eigenvalue weighted by Gasteiger charge is -2.13. The molecule has 0 spiro atoms. The second-order valence-corrected chi connectivity index (χ2v) is 5.66. The number of nitrogens with zero attached hydrogens (tertiary/aromatic N) is 3. The van der Waals surface area contributed by atoms with Crippen LogP contribution in [0.4, 0.5) is 10.5 Å². The summed E-state index contributed by atoms with van der Waals surface area (Å²) >= 11 is 0. The van der Waals surface area contributed by atoms with E-state index in [1.165, 1.54) is 18.2 Å². The summed E-state index contributed by atoms with van der Waals surface area (Å²) in [6.07, 6.45) is -1.39. The number of carbonyl (C=O) groups excluding carboxylic acids is 1. The highest BCUT2D eigenvalue weighted by atomic mass is 16.6. The van der Waals surface area contributed by atoms with Crippen LogP contribution in [0.5, 0.6) is 0 Å². The van der Waals surface area contributed by atoms with Gasteiger partial charge in [0.25, 0.3) is 11.2 Å². The van der Waals surface area contributed by atoms with Gasteiger partial charge in [0, 0.05) is 12.1 Å². The molecule has 3 rings (SSSR count). The number of rotatable bonds is 5. The van der Waals surface area contributed by atoms with Crippen molar-refractivity contribution in [1.82, 2.24) is 15.4 Å². The second kappa shape index (κ2) is 7.63. The number of hydrogen-bond donors (Lipinski definition) is 4. The molecule has 0 fully saturated rings. The Kier molecular flexibility index (Phi) is 5.09. The molecule has 0 aliphatic carbocycles. The number of aliphatic hydroxyl groups is 1. The highest BCUT2D eigenvalue weighted by molar-refractivity contribution is 6.03. The van der Waals surface area contributed by atoms with Crippen molar-refractivity contribution in [3.63, 3.8) is 0 Å². The number of urea groups is 1. The van der Waals surface area contributed by atoms with E-state index in [0.29, 0.717) is 5.56 Å². The molecule has 0 saturated carbocycles. The van der Waals surface area contributed by atoms with Crippen molar-refractivity contribution < 1.29 is 14.8 Å². The van der Waals surface area contributed by atoms with Crippen LogP contribution in [-0.2, 0) is 0 Å². The highest BCUT2D eigenvalue weighted by Crippen LogP contribution is 2.20. The van der Waals surface area contributed by atoms with Gasteiger partial charge in [-0.25, -0.2) is 15.2 Å². The molecule has 1 heterocycles. The average Bonchev–Trinajstić information content (AvgIpc) is 2.68. The lowest BCUT2D eigenvalue weighted by molar-refractivity contribution is -0.384. The minimum Gasteiger partial charge on any atom is -0.382 e. The van der Waals surface area contributed by atoms with E-state index in [4.69, 9.17) is 5.73 Å². The number of aliphatic hydroxyl groups excluding tert-OH is 1. The van der Waals surface area contributed by atoms with Crippen LogP contribution in [0, 0.1) is 10.1 Å². The zero-order valence-electron chi connectivity index (χ0n) is 14.2. The fraction of sp³-hybridized carbons (Fsp3) is 0.0588. The lowest BCUT2D eigenvalue weighted by atomic mass is 10.0. The monoisotopic (exact) mass is 382 g/mol. The van der Waals surface area contributed by atoms with Gasteiger partial charge < -0.3 is 15.8 Å². The number of aromatic amines is 1. The zero-order valence-corrected chi connectivity index (χ0v) is 14.2. The third kappa shape index (κ3) is 3.83. The number of nitrogens with one attached hydrogen (secondary N) is 2. The normalized spacial score (nSPS) is 12.5. The molecule has 2 amide bonds. The van der Waals surface area contributed by atoms with Crippen molar-refractivity contribution in [2.24, 2.45) is 10.8 Å². The Labute approximate surface area is 156 Å². The Morgan fingerprint density at radius 3 is 2.64 bits per heavy atom. The molecule has 1 atom stereocenters. The molecular weight excluding hydrogens is 368 g/mol. The first-order chi connectivity index (χ1) is 13.4. The van der Waals surface area contributed by atoms with E-state index in [-0.39, 0.29) is 28.1 Å². The number of hydrazone groups is 1. The van der Waals surface area contributed by atoms with Gasteiger partial charge >= 0.3 is 6.03 Å². The van der Waals surface area contributed by atoms with Gasteiger partial charge in [-0.2, -0.15) is 5.10 Å². The van der Waals surface area contributed by atoms with Gasteiger partial charge in [0.05, 0.1) is 16.0 Å². The number of carbonyl (C=O) groups is 1. The fourth-order valence-electron chi connectivity index (χ4n) is 2.51. The molecule has 0 radical (unpaired) electrons. The molecule has 1 unspecified atom stereocenters. The van der Waals surface area contributed by atoms with E-state index < -0.39 is 22.6 Å². The van der Waals surface area contributed by atoms with Crippen molar-refractivity contribution in [2.75, 3.05) is 0 Å². The minimum absolute atomic E-state index is 0.138. The number of nitro groups is 1. The number of nitrogens with two attached hydrogens (primary N) is 1. The van der Waals surface area contributed by atoms with Crippen molar-refractivity contribution in [3.05, 3.63) is 80.3 Å². The minimum atomic E-state index is -1.39. The molecule has 5 N–H and O–H groups in total. The summed E-state index contributed by atoms with van der Waals surface area (Å²) in [5, 5.41) is 25.3. The van der Waals surface area contributed by atoms with E-state index >= 15 is 0 Å². The van der Waals surface area contributed by atoms with Crippen LogP contribution in [0.1, 0.15) is 17.4 Å². The van der Waals surface area contributed by atoms with Crippen molar-refractivity contribution in [1.29, 1.82) is 0 Å². The summed E-state index contributed by atoms with van der Waals surface area (Å²) in [4.78, 5) is 40.5. The van der Waals surface area contributed by atoms with E-state index in [9.17, 15) is 24.8 Å². The molecular formula is C17H14N6O5. The van der Waals surface area contributed by atoms with Crippen molar-refractivity contribution >= 4 is 28.5 Å². The standard InChI is InChI=1S/C17H14N6O5/c18-17(26)22-21-13(15(24)9-4-2-1-3-5-9)14-16(25)20-12-8-10(23(27)28)6-7-11(12)19-14/h1-8,15,24H,(H,20,25)(H3,18,22,26). The van der Waals surface area contributed by atoms with Crippen LogP contribution < -0.4 is 16.7 Å². The van der Waals surface area contributed by atoms with E-state index in [1.54, 1.807) is 30.3 Å². The van der Waals surface area contributed by atoms with Crippen LogP contribution in [0.2, 0.25) is 0 Å². The zero-order chi connectivity index (χ0) is 20.3. The van der Waals surface area contributed by atoms with Gasteiger partial charge in [-0.05, 0) is 11.6 Å². The molecule has 0 saturated heterocycles. The summed E-state index contributed by atoms with van der Waals surface area (Å²) < 4.78 is 0. The molecule has 142 valence electrons. The number of non-ortho nitro benzene ring substituents is 1. The van der Waals surface area contributed by atoms with Gasteiger partial charge in [-0.3, -0.25) is 14.9 Å². The third-order valence-electron chi connectivity index (χ3n) is 3.79. The molecule has 11 nitrogen and oxygen atoms in total. The van der Waals surface area contributed by atoms with Crippen LogP contribution in [-0.4, -0.2) is 31.7 Å². The van der Waals surface area contributed by atoms with E-state index in [2.05, 4.69) is 15.1 Å². The Hall–Kier alpha value is -4.12. The third-order valence-corrected chi connectivity index (χ3v) is 3.79. The van der Waals surface area contributed by atoms with Crippen LogP contribution >= 0.6 is 0 Å². The Bertz CT molecular complexity index is 1140. The summed E-state index contributed by atoms with van der Waals surface area (Å²) in [7, 11) is 0. The van der Waals surface area contributed by atoms with E-state index in [1.807, 2.05) is 5.43 Å². The molecule has 0 aliphatic heterocycles. The first-order valence-corrected chi connectivity index (χ1v) is 7.91. The molecule has 0 bridgehead atoms. The maximum absolute atomic E-state index is 12.5. The largest absolute Gasteiger partial charge is 0.382 e. The average molecular weight is 382 g/mol. The maximum Gasteiger partial charge on any atom is 0.332 e. The summed E-state index contributed by atoms with van der Waals surface area (Å²) in [6.45, 7) is 0. The van der Waals surface area contributed by atoms with Gasteiger partial charge in [0.15, 0.2) is 5.69 Å². The quantitative estimate of drug-likeness (QED) is 0.290. The number of fused-ring (bicyclic) bond motifs is 1. The van der Waals surface area contributed by atoms with Gasteiger partial charge in [0.2, 0.25) is 0 Å². The summed E-state index contributed by atoms with van der Waals surface area (Å²) in [5.74, 6) is 0. The first kappa shape index (κ1) is 18.7. The number of benzene rings is 2. The van der Waals surface area contributed by atoms with Gasteiger partial charge in [0.1, 0.15) is 11.8 Å².